The van der Waals surface area contributed by atoms with Crippen molar-refractivity contribution in [3.8, 4) is 5.75 Å². The van der Waals surface area contributed by atoms with Crippen LogP contribution >= 0.6 is 0 Å². The Morgan fingerprint density at radius 2 is 2.18 bits per heavy atom. The summed E-state index contributed by atoms with van der Waals surface area (Å²) in [6.07, 6.45) is 1.64. The highest BCUT2D eigenvalue weighted by molar-refractivity contribution is 5.85. The van der Waals surface area contributed by atoms with E-state index in [1.165, 1.54) is 0 Å². The SMILES string of the molecule is O=C(O)c1cc(CNc2cccc(O)c2)c[nH]1. The Labute approximate surface area is 97.7 Å². The molecule has 0 aliphatic rings. The summed E-state index contributed by atoms with van der Waals surface area (Å²) in [7, 11) is 0. The van der Waals surface area contributed by atoms with Crippen molar-refractivity contribution in [2.75, 3.05) is 5.32 Å². The molecule has 4 N–H and O–H groups in total. The molecule has 1 aromatic heterocycles. The molecule has 0 bridgehead atoms. The number of hydrogen-bond donors (Lipinski definition) is 4. The van der Waals surface area contributed by atoms with Gasteiger partial charge in [0.05, 0.1) is 0 Å². The number of phenols is 1. The van der Waals surface area contributed by atoms with Crippen molar-refractivity contribution < 1.29 is 15.0 Å². The van der Waals surface area contributed by atoms with Gasteiger partial charge in [-0.15, -0.1) is 0 Å². The Bertz CT molecular complexity index is 534. The molecule has 5 nitrogen and oxygen atoms in total. The van der Waals surface area contributed by atoms with Crippen LogP contribution in [0.25, 0.3) is 0 Å². The van der Waals surface area contributed by atoms with Gasteiger partial charge >= 0.3 is 5.97 Å². The van der Waals surface area contributed by atoms with Gasteiger partial charge in [-0.1, -0.05) is 6.07 Å². The smallest absolute Gasteiger partial charge is 0.352 e. The number of H-pyrrole nitrogens is 1. The largest absolute Gasteiger partial charge is 0.508 e. The average molecular weight is 232 g/mol. The molecule has 17 heavy (non-hydrogen) atoms. The second kappa shape index (κ2) is 4.61. The Kier molecular flexibility index (Phi) is 3.00. The van der Waals surface area contributed by atoms with Crippen molar-refractivity contribution >= 4 is 11.7 Å². The van der Waals surface area contributed by atoms with Crippen molar-refractivity contribution in [2.24, 2.45) is 0 Å². The van der Waals surface area contributed by atoms with Crippen molar-refractivity contribution in [1.29, 1.82) is 0 Å². The molecule has 0 unspecified atom stereocenters. The average Bonchev–Trinajstić information content (AvgIpc) is 2.75. The lowest BCUT2D eigenvalue weighted by Crippen LogP contribution is -1.98. The van der Waals surface area contributed by atoms with Gasteiger partial charge < -0.3 is 20.5 Å². The van der Waals surface area contributed by atoms with Gasteiger partial charge in [0.1, 0.15) is 11.4 Å². The fourth-order valence-corrected chi connectivity index (χ4v) is 1.48. The van der Waals surface area contributed by atoms with Gasteiger partial charge in [0.15, 0.2) is 0 Å². The molecule has 0 aliphatic heterocycles. The number of anilines is 1. The van der Waals surface area contributed by atoms with Gasteiger partial charge in [0.2, 0.25) is 0 Å². The first kappa shape index (κ1) is 11.1. The van der Waals surface area contributed by atoms with Crippen LogP contribution in [-0.2, 0) is 6.54 Å². The Balaban J connectivity index is 2.00. The minimum Gasteiger partial charge on any atom is -0.508 e. The summed E-state index contributed by atoms with van der Waals surface area (Å²) in [6, 6.07) is 8.31. The third kappa shape index (κ3) is 2.78. The zero-order valence-corrected chi connectivity index (χ0v) is 8.97. The van der Waals surface area contributed by atoms with Crippen LogP contribution in [0.5, 0.6) is 5.75 Å². The van der Waals surface area contributed by atoms with Crippen LogP contribution in [0.2, 0.25) is 0 Å². The highest BCUT2D eigenvalue weighted by Crippen LogP contribution is 2.16. The third-order valence-corrected chi connectivity index (χ3v) is 2.32. The second-order valence-electron chi connectivity index (χ2n) is 3.63. The topological polar surface area (TPSA) is 85.3 Å². The highest BCUT2D eigenvalue weighted by atomic mass is 16.4. The summed E-state index contributed by atoms with van der Waals surface area (Å²) in [4.78, 5) is 13.3. The zero-order valence-electron chi connectivity index (χ0n) is 8.97. The van der Waals surface area contributed by atoms with Crippen LogP contribution in [-0.4, -0.2) is 21.2 Å². The lowest BCUT2D eigenvalue weighted by Gasteiger charge is -2.04. The van der Waals surface area contributed by atoms with Gasteiger partial charge in [-0.2, -0.15) is 0 Å². The number of carbonyl (C=O) groups is 1. The molecule has 0 fully saturated rings. The van der Waals surface area contributed by atoms with E-state index in [1.807, 2.05) is 6.07 Å². The van der Waals surface area contributed by atoms with Crippen LogP contribution in [0, 0.1) is 0 Å². The van der Waals surface area contributed by atoms with Crippen molar-refractivity contribution in [3.63, 3.8) is 0 Å². The number of hydrogen-bond acceptors (Lipinski definition) is 3. The molecule has 0 radical (unpaired) electrons. The van der Waals surface area contributed by atoms with E-state index in [2.05, 4.69) is 10.3 Å². The quantitative estimate of drug-likeness (QED) is 0.649. The maximum Gasteiger partial charge on any atom is 0.352 e. The molecule has 1 heterocycles. The number of carboxylic acids is 1. The molecule has 0 atom stereocenters. The summed E-state index contributed by atoms with van der Waals surface area (Å²) in [5.41, 5.74) is 1.78. The van der Waals surface area contributed by atoms with Crippen LogP contribution in [0.15, 0.2) is 36.5 Å². The third-order valence-electron chi connectivity index (χ3n) is 2.32. The molecule has 2 aromatic rings. The monoisotopic (exact) mass is 232 g/mol. The minimum atomic E-state index is -0.978. The van der Waals surface area contributed by atoms with E-state index in [4.69, 9.17) is 5.11 Å². The molecular weight excluding hydrogens is 220 g/mol. The number of aromatic amines is 1. The second-order valence-corrected chi connectivity index (χ2v) is 3.63. The number of nitrogens with one attached hydrogen (secondary N) is 2. The summed E-state index contributed by atoms with van der Waals surface area (Å²) in [5.74, 6) is -0.788. The summed E-state index contributed by atoms with van der Waals surface area (Å²) >= 11 is 0. The van der Waals surface area contributed by atoms with E-state index in [1.54, 1.807) is 30.5 Å². The fourth-order valence-electron chi connectivity index (χ4n) is 1.48. The summed E-state index contributed by atoms with van der Waals surface area (Å²) in [6.45, 7) is 0.493. The number of aromatic hydroxyl groups is 1. The van der Waals surface area contributed by atoms with E-state index >= 15 is 0 Å². The standard InChI is InChI=1S/C12H12N2O3/c15-10-3-1-2-9(5-10)13-6-8-4-11(12(16)17)14-7-8/h1-5,7,13-15H,6H2,(H,16,17). The van der Waals surface area contributed by atoms with E-state index in [0.717, 1.165) is 11.3 Å². The first-order valence-corrected chi connectivity index (χ1v) is 5.08. The molecule has 0 aliphatic carbocycles. The molecule has 0 amide bonds. The Morgan fingerprint density at radius 1 is 1.35 bits per heavy atom. The molecule has 0 saturated carbocycles. The Hall–Kier alpha value is -2.43. The van der Waals surface area contributed by atoms with Gasteiger partial charge in [0, 0.05) is 24.5 Å². The van der Waals surface area contributed by atoms with Gasteiger partial charge in [-0.05, 0) is 23.8 Å². The first-order valence-electron chi connectivity index (χ1n) is 5.08. The molecular formula is C12H12N2O3. The van der Waals surface area contributed by atoms with Crippen LogP contribution in [0.1, 0.15) is 16.1 Å². The number of carboxylic acid groups (broad SMARTS) is 1. The lowest BCUT2D eigenvalue weighted by molar-refractivity contribution is 0.0691. The number of phenolic OH excluding ortho intramolecular Hbond substituents is 1. The van der Waals surface area contributed by atoms with Crippen LogP contribution in [0.3, 0.4) is 0 Å². The first-order chi connectivity index (χ1) is 8.15. The van der Waals surface area contributed by atoms with E-state index in [9.17, 15) is 9.90 Å². The lowest BCUT2D eigenvalue weighted by atomic mass is 10.2. The van der Waals surface area contributed by atoms with Crippen molar-refractivity contribution in [1.82, 2.24) is 4.98 Å². The highest BCUT2D eigenvalue weighted by Gasteiger charge is 2.05. The molecule has 2 rings (SSSR count). The van der Waals surface area contributed by atoms with E-state index < -0.39 is 5.97 Å². The van der Waals surface area contributed by atoms with Gasteiger partial charge in [0.25, 0.3) is 0 Å². The number of benzene rings is 1. The van der Waals surface area contributed by atoms with E-state index in [-0.39, 0.29) is 11.4 Å². The molecule has 1 aromatic carbocycles. The zero-order chi connectivity index (χ0) is 12.3. The normalized spacial score (nSPS) is 10.1. The minimum absolute atomic E-state index is 0.165. The van der Waals surface area contributed by atoms with Crippen LogP contribution in [0.4, 0.5) is 5.69 Å². The number of rotatable bonds is 4. The fraction of sp³-hybridized carbons (Fsp3) is 0.0833. The molecule has 0 spiro atoms. The van der Waals surface area contributed by atoms with Crippen molar-refractivity contribution in [3.05, 3.63) is 47.8 Å². The summed E-state index contributed by atoms with van der Waals surface area (Å²) in [5, 5.41) is 21.1. The van der Waals surface area contributed by atoms with Gasteiger partial charge in [-0.25, -0.2) is 4.79 Å². The number of aromatic carboxylic acids is 1. The predicted octanol–water partition coefficient (Wildman–Crippen LogP) is 2.03. The molecule has 88 valence electrons. The van der Waals surface area contributed by atoms with Gasteiger partial charge in [-0.3, -0.25) is 0 Å². The molecule has 0 saturated heterocycles. The Morgan fingerprint density at radius 3 is 2.82 bits per heavy atom. The number of aromatic nitrogens is 1. The maximum atomic E-state index is 10.6. The van der Waals surface area contributed by atoms with Crippen LogP contribution < -0.4 is 5.32 Å². The predicted molar refractivity (Wildman–Crippen MR) is 63.2 cm³/mol. The maximum absolute atomic E-state index is 10.6. The van der Waals surface area contributed by atoms with E-state index in [0.29, 0.717) is 6.54 Å². The summed E-state index contributed by atoms with van der Waals surface area (Å²) < 4.78 is 0. The van der Waals surface area contributed by atoms with Crippen molar-refractivity contribution in [2.45, 2.75) is 6.54 Å². The molecule has 5 heteroatoms.